The van der Waals surface area contributed by atoms with Crippen molar-refractivity contribution in [2.45, 2.75) is 32.1 Å². The van der Waals surface area contributed by atoms with Gasteiger partial charge in [0.05, 0.1) is 11.4 Å². The molecule has 0 aliphatic carbocycles. The normalized spacial score (nSPS) is 11.0. The molecule has 370 valence electrons. The molecule has 0 fully saturated rings. The first kappa shape index (κ1) is 51.8. The molecule has 0 aromatic carbocycles. The monoisotopic (exact) mass is 956 g/mol. The number of carbonyl (C=O) groups is 8. The predicted octanol–water partition coefficient (Wildman–Crippen LogP) is -0.507. The Bertz CT molecular complexity index is 2650. The van der Waals surface area contributed by atoms with Crippen LogP contribution >= 0.6 is 0 Å². The lowest BCUT2D eigenvalue weighted by Gasteiger charge is -2.15. The molecule has 8 amide bonds. The summed E-state index contributed by atoms with van der Waals surface area (Å²) in [6.07, 6.45) is 10.7. The molecule has 0 unspecified atom stereocenters. The number of hydrogen-bond acceptors (Lipinski definition) is 13. The van der Waals surface area contributed by atoms with Crippen LogP contribution < -0.4 is 48.3 Å². The van der Waals surface area contributed by atoms with Crippen molar-refractivity contribution in [1.29, 1.82) is 0 Å². The summed E-state index contributed by atoms with van der Waals surface area (Å²) >= 11 is 0. The molecule has 0 spiro atoms. The summed E-state index contributed by atoms with van der Waals surface area (Å²) in [5.41, 5.74) is 6.64. The van der Waals surface area contributed by atoms with Crippen LogP contribution in [0.25, 0.3) is 0 Å². The van der Waals surface area contributed by atoms with Crippen LogP contribution in [0.5, 0.6) is 0 Å². The van der Waals surface area contributed by atoms with Crippen molar-refractivity contribution in [3.63, 3.8) is 0 Å². The number of aromatic nitrogens is 8. The van der Waals surface area contributed by atoms with Crippen LogP contribution in [0.1, 0.15) is 84.9 Å². The second-order valence-electron chi connectivity index (χ2n) is 16.1. The molecule has 0 aliphatic heterocycles. The van der Waals surface area contributed by atoms with Gasteiger partial charge in [0.15, 0.2) is 17.5 Å². The van der Waals surface area contributed by atoms with E-state index in [0.29, 0.717) is 18.8 Å². The van der Waals surface area contributed by atoms with Crippen LogP contribution in [0, 0.1) is 0 Å². The maximum atomic E-state index is 13.2. The third kappa shape index (κ3) is 15.2. The summed E-state index contributed by atoms with van der Waals surface area (Å²) in [5, 5.41) is 21.4. The van der Waals surface area contributed by atoms with Gasteiger partial charge in [0, 0.05) is 118 Å². The average molecular weight is 957 g/mol. The molecule has 26 heteroatoms. The first-order valence-electron chi connectivity index (χ1n) is 22.0. The van der Waals surface area contributed by atoms with Crippen molar-refractivity contribution in [1.82, 2.24) is 64.0 Å². The zero-order valence-corrected chi connectivity index (χ0v) is 39.5. The lowest BCUT2D eigenvalue weighted by Crippen LogP contribution is -2.33. The van der Waals surface area contributed by atoms with Crippen LogP contribution in [0.3, 0.4) is 0 Å². The van der Waals surface area contributed by atoms with E-state index < -0.39 is 41.4 Å². The second-order valence-corrected chi connectivity index (χ2v) is 16.1. The number of anilines is 4. The lowest BCUT2D eigenvalue weighted by atomic mass is 10.3. The Labute approximate surface area is 397 Å². The number of imidazole rings is 3. The van der Waals surface area contributed by atoms with E-state index in [-0.39, 0.29) is 91.0 Å². The highest BCUT2D eigenvalue weighted by Crippen LogP contribution is 2.17. The molecule has 0 saturated heterocycles. The van der Waals surface area contributed by atoms with Crippen molar-refractivity contribution in [2.75, 3.05) is 74.1 Å². The molecular formula is C43H60N18O8. The number of carbonyl (C=O) groups excluding carboxylic acids is 8. The Morgan fingerprint density at radius 2 is 0.986 bits per heavy atom. The lowest BCUT2D eigenvalue weighted by molar-refractivity contribution is -0.121. The smallest absolute Gasteiger partial charge is 0.291 e. The summed E-state index contributed by atoms with van der Waals surface area (Å²) in [4.78, 5) is 116. The van der Waals surface area contributed by atoms with Crippen molar-refractivity contribution in [3.05, 3.63) is 78.2 Å². The van der Waals surface area contributed by atoms with Gasteiger partial charge < -0.3 is 76.0 Å². The van der Waals surface area contributed by atoms with Gasteiger partial charge in [0.2, 0.25) is 29.4 Å². The van der Waals surface area contributed by atoms with Gasteiger partial charge >= 0.3 is 0 Å². The molecule has 5 aromatic heterocycles. The minimum absolute atomic E-state index is 0.0169. The number of amides is 8. The Kier molecular flexibility index (Phi) is 18.5. The zero-order valence-electron chi connectivity index (χ0n) is 39.5. The summed E-state index contributed by atoms with van der Waals surface area (Å²) in [6.45, 7) is 2.93. The molecule has 0 bridgehead atoms. The SMILES string of the molecule is CN(CCCN)CCCNC(=O)CCNC(=O)c1nc(NC(=O)CCNC(=O)c2cc(NC(=O)c3nc(NC(=O)CCNC(=O)c4cc(NC(=O)c5nccn5C)cn4C)cn3C)cn2C)cn1C. The third-order valence-corrected chi connectivity index (χ3v) is 10.4. The minimum atomic E-state index is -0.625. The first-order chi connectivity index (χ1) is 32.9. The van der Waals surface area contributed by atoms with E-state index in [1.165, 1.54) is 55.2 Å². The summed E-state index contributed by atoms with van der Waals surface area (Å²) < 4.78 is 7.44. The first-order valence-corrected chi connectivity index (χ1v) is 22.0. The Morgan fingerprint density at radius 1 is 0.522 bits per heavy atom. The van der Waals surface area contributed by atoms with E-state index in [9.17, 15) is 38.4 Å². The molecule has 5 aromatic rings. The molecular weight excluding hydrogens is 897 g/mol. The molecule has 69 heavy (non-hydrogen) atoms. The quantitative estimate of drug-likeness (QED) is 0.0334. The number of nitrogens with zero attached hydrogens (tertiary/aromatic N) is 9. The van der Waals surface area contributed by atoms with E-state index in [1.54, 1.807) is 52.2 Å². The molecule has 26 nitrogen and oxygen atoms in total. The van der Waals surface area contributed by atoms with E-state index in [1.807, 2.05) is 7.05 Å². The van der Waals surface area contributed by atoms with Crippen LogP contribution in [0.15, 0.2) is 49.3 Å². The van der Waals surface area contributed by atoms with Gasteiger partial charge in [-0.05, 0) is 51.7 Å². The minimum Gasteiger partial charge on any atom is -0.356 e. The van der Waals surface area contributed by atoms with E-state index >= 15 is 0 Å². The fourth-order valence-electron chi connectivity index (χ4n) is 6.83. The van der Waals surface area contributed by atoms with Crippen LogP contribution in [-0.4, -0.2) is 143 Å². The highest BCUT2D eigenvalue weighted by Gasteiger charge is 2.21. The van der Waals surface area contributed by atoms with E-state index in [2.05, 4.69) is 62.4 Å². The topological polar surface area (TPSA) is 325 Å². The van der Waals surface area contributed by atoms with Gasteiger partial charge in [-0.2, -0.15) is 0 Å². The molecule has 5 rings (SSSR count). The van der Waals surface area contributed by atoms with Gasteiger partial charge in [-0.3, -0.25) is 38.4 Å². The van der Waals surface area contributed by atoms with Crippen LogP contribution in [0.2, 0.25) is 0 Å². The van der Waals surface area contributed by atoms with E-state index in [0.717, 1.165) is 25.9 Å². The number of nitrogens with one attached hydrogen (secondary N) is 8. The van der Waals surface area contributed by atoms with Gasteiger partial charge in [0.25, 0.3) is 29.5 Å². The Hall–Kier alpha value is -8.13. The standard InChI is InChI=1S/C43H60N18O8/c1-56(18-7-12-44)19-8-13-45-33(62)9-14-49-41(67)37-54-31(25-60(37)5)52-34(63)10-15-48-40(66)30-22-28(24-59(30)4)51-43(69)38-55-32(26-61(38)6)53-35(64)11-16-47-39(65)29-21-27(23-58(29)3)50-42(68)36-46-17-20-57(36)2/h17,20-26H,7-16,18-19,44H2,1-6H3,(H,45,62)(H,47,65)(H,48,66)(H,49,67)(H,50,68)(H,51,69)(H,52,63)(H,53,64). The van der Waals surface area contributed by atoms with Gasteiger partial charge in [-0.25, -0.2) is 15.0 Å². The molecule has 5 heterocycles. The maximum Gasteiger partial charge on any atom is 0.291 e. The van der Waals surface area contributed by atoms with Gasteiger partial charge in [0.1, 0.15) is 11.4 Å². The maximum absolute atomic E-state index is 13.2. The van der Waals surface area contributed by atoms with Gasteiger partial charge in [-0.1, -0.05) is 0 Å². The summed E-state index contributed by atoms with van der Waals surface area (Å²) in [7, 11) is 10.1. The number of aryl methyl sites for hydroxylation is 5. The molecule has 0 saturated carbocycles. The largest absolute Gasteiger partial charge is 0.356 e. The van der Waals surface area contributed by atoms with Crippen molar-refractivity contribution in [2.24, 2.45) is 41.0 Å². The van der Waals surface area contributed by atoms with Gasteiger partial charge in [-0.15, -0.1) is 0 Å². The summed E-state index contributed by atoms with van der Waals surface area (Å²) in [5.74, 6) is -3.28. The van der Waals surface area contributed by atoms with Crippen LogP contribution in [0.4, 0.5) is 23.0 Å². The Morgan fingerprint density at radius 3 is 1.48 bits per heavy atom. The van der Waals surface area contributed by atoms with Crippen molar-refractivity contribution in [3.8, 4) is 0 Å². The highest BCUT2D eigenvalue weighted by atomic mass is 16.2. The Balaban J connectivity index is 0.992. The average Bonchev–Trinajstić information content (AvgIpc) is 4.13. The molecule has 10 N–H and O–H groups in total. The van der Waals surface area contributed by atoms with Crippen molar-refractivity contribution >= 4 is 70.3 Å². The van der Waals surface area contributed by atoms with Crippen molar-refractivity contribution < 1.29 is 38.4 Å². The molecule has 0 aliphatic rings. The fraction of sp³-hybridized carbons (Fsp3) is 0.419. The predicted molar refractivity (Wildman–Crippen MR) is 253 cm³/mol. The summed E-state index contributed by atoms with van der Waals surface area (Å²) in [6, 6.07) is 2.95. The van der Waals surface area contributed by atoms with Crippen LogP contribution in [-0.2, 0) is 49.6 Å². The highest BCUT2D eigenvalue weighted by molar-refractivity contribution is 6.04. The fourth-order valence-corrected chi connectivity index (χ4v) is 6.83. The number of nitrogens with two attached hydrogens (primary N) is 1. The number of rotatable bonds is 25. The zero-order chi connectivity index (χ0) is 50.2. The number of hydrogen-bond donors (Lipinski definition) is 9. The molecule has 0 radical (unpaired) electrons. The third-order valence-electron chi connectivity index (χ3n) is 10.4. The second kappa shape index (κ2) is 24.6. The van der Waals surface area contributed by atoms with E-state index in [4.69, 9.17) is 5.73 Å². The molecule has 0 atom stereocenters.